The van der Waals surface area contributed by atoms with E-state index in [1.165, 1.54) is 0 Å². The molecule has 1 amide bonds. The monoisotopic (exact) mass is 371 g/mol. The Morgan fingerprint density at radius 1 is 1.04 bits per heavy atom. The summed E-state index contributed by atoms with van der Waals surface area (Å²) in [4.78, 5) is 23.6. The van der Waals surface area contributed by atoms with Gasteiger partial charge in [-0.05, 0) is 30.7 Å². The molecule has 1 aromatic heterocycles. The molecule has 0 bridgehead atoms. The summed E-state index contributed by atoms with van der Waals surface area (Å²) < 4.78 is 18.7. The summed E-state index contributed by atoms with van der Waals surface area (Å²) in [6.45, 7) is 0.0659. The summed E-state index contributed by atoms with van der Waals surface area (Å²) in [5, 5.41) is 2.68. The molecule has 3 rings (SSSR count). The maximum Gasteiger partial charge on any atom is 0.306 e. The maximum atomic E-state index is 11.9. The fraction of sp³-hybridized carbons (Fsp3) is 0.222. The highest BCUT2D eigenvalue weighted by Crippen LogP contribution is 2.20. The number of nitrogens with one attached hydrogen (secondary N) is 1. The van der Waals surface area contributed by atoms with Crippen molar-refractivity contribution in [3.05, 3.63) is 48.5 Å². The molecule has 1 N–H and O–H groups in total. The molecule has 0 saturated carbocycles. The zero-order chi connectivity index (χ0) is 18.2. The molecule has 0 unspecified atom stereocenters. The summed E-state index contributed by atoms with van der Waals surface area (Å²) in [6, 6.07) is 14.7. The minimum atomic E-state index is -0.439. The Morgan fingerprint density at radius 3 is 2.73 bits per heavy atom. The van der Waals surface area contributed by atoms with Crippen LogP contribution in [0.5, 0.6) is 5.75 Å². The lowest BCUT2D eigenvalue weighted by atomic mass is 10.2. The number of ether oxygens (including phenoxy) is 2. The highest BCUT2D eigenvalue weighted by Gasteiger charge is 2.11. The molecule has 0 aliphatic rings. The third-order valence-corrected chi connectivity index (χ3v) is 4.00. The third-order valence-electron chi connectivity index (χ3n) is 3.46. The molecule has 7 nitrogen and oxygen atoms in total. The Kier molecular flexibility index (Phi) is 6.10. The number of hydrogen-bond donors (Lipinski definition) is 1. The molecule has 2 aromatic carbocycles. The van der Waals surface area contributed by atoms with Gasteiger partial charge < -0.3 is 14.8 Å². The van der Waals surface area contributed by atoms with Gasteiger partial charge in [-0.3, -0.25) is 9.59 Å². The number of amides is 1. The van der Waals surface area contributed by atoms with Gasteiger partial charge in [-0.1, -0.05) is 24.3 Å². The van der Waals surface area contributed by atoms with E-state index < -0.39 is 11.9 Å². The second-order valence-corrected chi connectivity index (χ2v) is 5.94. The van der Waals surface area contributed by atoms with Crippen molar-refractivity contribution in [2.24, 2.45) is 0 Å². The lowest BCUT2D eigenvalue weighted by molar-refractivity contribution is -0.147. The molecule has 0 saturated heterocycles. The number of esters is 1. The summed E-state index contributed by atoms with van der Waals surface area (Å²) in [5.41, 5.74) is 1.88. The number of aromatic nitrogens is 2. The number of anilines is 1. The number of hydrogen-bond acceptors (Lipinski definition) is 7. The van der Waals surface area contributed by atoms with E-state index in [-0.39, 0.29) is 13.0 Å². The van der Waals surface area contributed by atoms with Crippen molar-refractivity contribution in [2.75, 3.05) is 18.5 Å². The average molecular weight is 371 g/mol. The van der Waals surface area contributed by atoms with Crippen molar-refractivity contribution in [3.8, 4) is 5.75 Å². The number of para-hydroxylation sites is 1. The number of carbonyl (C=O) groups excluding carboxylic acids is 2. The minimum Gasteiger partial charge on any atom is -0.494 e. The van der Waals surface area contributed by atoms with E-state index in [9.17, 15) is 9.59 Å². The molecule has 8 heteroatoms. The van der Waals surface area contributed by atoms with Crippen molar-refractivity contribution in [2.45, 2.75) is 12.8 Å². The van der Waals surface area contributed by atoms with Gasteiger partial charge in [0.25, 0.3) is 5.91 Å². The topological polar surface area (TPSA) is 90.4 Å². The first-order chi connectivity index (χ1) is 12.7. The number of fused-ring (bicyclic) bond motifs is 1. The van der Waals surface area contributed by atoms with Crippen molar-refractivity contribution in [3.63, 3.8) is 0 Å². The minimum absolute atomic E-state index is 0.186. The second-order valence-electron chi connectivity index (χ2n) is 5.41. The Hall–Kier alpha value is -3.00. The largest absolute Gasteiger partial charge is 0.494 e. The fourth-order valence-corrected chi connectivity index (χ4v) is 2.78. The Morgan fingerprint density at radius 2 is 1.88 bits per heavy atom. The summed E-state index contributed by atoms with van der Waals surface area (Å²) in [5.74, 6) is -0.101. The van der Waals surface area contributed by atoms with E-state index in [2.05, 4.69) is 14.1 Å². The highest BCUT2D eigenvalue weighted by molar-refractivity contribution is 7.00. The van der Waals surface area contributed by atoms with Gasteiger partial charge in [0, 0.05) is 6.42 Å². The molecule has 0 aliphatic heterocycles. The van der Waals surface area contributed by atoms with Crippen LogP contribution in [0.3, 0.4) is 0 Å². The first-order valence-electron chi connectivity index (χ1n) is 8.07. The van der Waals surface area contributed by atoms with Crippen LogP contribution in [0.4, 0.5) is 5.69 Å². The van der Waals surface area contributed by atoms with E-state index in [1.807, 2.05) is 36.4 Å². The molecule has 0 fully saturated rings. The first kappa shape index (κ1) is 17.8. The quantitative estimate of drug-likeness (QED) is 0.483. The van der Waals surface area contributed by atoms with Gasteiger partial charge in [-0.15, -0.1) is 0 Å². The Balaban J connectivity index is 1.36. The van der Waals surface area contributed by atoms with E-state index in [0.29, 0.717) is 29.7 Å². The molecule has 3 aromatic rings. The van der Waals surface area contributed by atoms with Gasteiger partial charge in [0.15, 0.2) is 6.61 Å². The third kappa shape index (κ3) is 5.00. The highest BCUT2D eigenvalue weighted by atomic mass is 32.1. The van der Waals surface area contributed by atoms with Crippen LogP contribution >= 0.6 is 11.7 Å². The van der Waals surface area contributed by atoms with E-state index in [4.69, 9.17) is 9.47 Å². The van der Waals surface area contributed by atoms with Crippen LogP contribution in [-0.2, 0) is 14.3 Å². The van der Waals surface area contributed by atoms with Crippen LogP contribution in [-0.4, -0.2) is 33.8 Å². The standard InChI is InChI=1S/C18H17N3O4S/c22-16(19-14-8-4-9-15-18(14)21-26-20-15)12-25-17(23)10-5-11-24-13-6-2-1-3-7-13/h1-4,6-9H,5,10-12H2,(H,19,22). The number of benzene rings is 2. The van der Waals surface area contributed by atoms with Crippen molar-refractivity contribution >= 4 is 40.3 Å². The molecule has 26 heavy (non-hydrogen) atoms. The number of carbonyl (C=O) groups is 2. The van der Waals surface area contributed by atoms with Crippen molar-refractivity contribution in [1.82, 2.24) is 8.75 Å². The first-order valence-corrected chi connectivity index (χ1v) is 8.80. The van der Waals surface area contributed by atoms with Crippen LogP contribution < -0.4 is 10.1 Å². The molecule has 0 radical (unpaired) electrons. The van der Waals surface area contributed by atoms with Crippen molar-refractivity contribution < 1.29 is 19.1 Å². The smallest absolute Gasteiger partial charge is 0.306 e. The lowest BCUT2D eigenvalue weighted by Crippen LogP contribution is -2.21. The average Bonchev–Trinajstić information content (AvgIpc) is 3.14. The molecular formula is C18H17N3O4S. The van der Waals surface area contributed by atoms with E-state index in [1.54, 1.807) is 12.1 Å². The van der Waals surface area contributed by atoms with Gasteiger partial charge in [0.1, 0.15) is 16.8 Å². The molecule has 134 valence electrons. The van der Waals surface area contributed by atoms with Crippen LogP contribution in [0.2, 0.25) is 0 Å². The van der Waals surface area contributed by atoms with Gasteiger partial charge >= 0.3 is 5.97 Å². The van der Waals surface area contributed by atoms with Crippen molar-refractivity contribution in [1.29, 1.82) is 0 Å². The van der Waals surface area contributed by atoms with Crippen LogP contribution in [0.25, 0.3) is 11.0 Å². The molecule has 1 heterocycles. The van der Waals surface area contributed by atoms with E-state index >= 15 is 0 Å². The fourth-order valence-electron chi connectivity index (χ4n) is 2.23. The number of rotatable bonds is 8. The molecule has 0 aliphatic carbocycles. The van der Waals surface area contributed by atoms with Crippen LogP contribution in [0.1, 0.15) is 12.8 Å². The molecular weight excluding hydrogens is 354 g/mol. The second kappa shape index (κ2) is 8.91. The van der Waals surface area contributed by atoms with Gasteiger partial charge in [-0.25, -0.2) is 0 Å². The zero-order valence-corrected chi connectivity index (χ0v) is 14.7. The predicted molar refractivity (Wildman–Crippen MR) is 98.2 cm³/mol. The predicted octanol–water partition coefficient (Wildman–Crippen LogP) is 3.03. The van der Waals surface area contributed by atoms with Gasteiger partial charge in [0.05, 0.1) is 24.0 Å². The van der Waals surface area contributed by atoms with Gasteiger partial charge in [-0.2, -0.15) is 8.75 Å². The van der Waals surface area contributed by atoms with E-state index in [0.717, 1.165) is 17.5 Å². The van der Waals surface area contributed by atoms with Crippen LogP contribution in [0, 0.1) is 0 Å². The summed E-state index contributed by atoms with van der Waals surface area (Å²) >= 11 is 1.07. The lowest BCUT2D eigenvalue weighted by Gasteiger charge is -2.08. The Labute approximate surface area is 154 Å². The normalized spacial score (nSPS) is 10.5. The summed E-state index contributed by atoms with van der Waals surface area (Å²) in [6.07, 6.45) is 0.699. The van der Waals surface area contributed by atoms with Crippen LogP contribution in [0.15, 0.2) is 48.5 Å². The summed E-state index contributed by atoms with van der Waals surface area (Å²) in [7, 11) is 0. The zero-order valence-electron chi connectivity index (χ0n) is 13.9. The molecule has 0 atom stereocenters. The maximum absolute atomic E-state index is 11.9. The molecule has 0 spiro atoms. The SMILES string of the molecule is O=C(COC(=O)CCCOc1ccccc1)Nc1cccc2nsnc12. The van der Waals surface area contributed by atoms with Gasteiger partial charge in [0.2, 0.25) is 0 Å². The Bertz CT molecular complexity index is 882. The number of nitrogens with zero attached hydrogens (tertiary/aromatic N) is 2.